The quantitative estimate of drug-likeness (QED) is 0.549. The first-order chi connectivity index (χ1) is 13.4. The second kappa shape index (κ2) is 6.96. The van der Waals surface area contributed by atoms with E-state index in [4.69, 9.17) is 8.83 Å². The molecule has 4 aromatic rings. The normalized spacial score (nSPS) is 11.2. The number of benzene rings is 1. The highest BCUT2D eigenvalue weighted by molar-refractivity contribution is 5.97. The lowest BCUT2D eigenvalue weighted by Crippen LogP contribution is -2.27. The fraction of sp³-hybridized carbons (Fsp3) is 0.227. The van der Waals surface area contributed by atoms with Crippen LogP contribution < -0.4 is 10.9 Å². The van der Waals surface area contributed by atoms with E-state index in [0.29, 0.717) is 23.3 Å². The number of nitrogens with one attached hydrogen (secondary N) is 1. The molecule has 0 aliphatic carbocycles. The molecule has 0 saturated heterocycles. The van der Waals surface area contributed by atoms with Crippen molar-refractivity contribution in [3.8, 4) is 0 Å². The molecule has 0 aliphatic rings. The van der Waals surface area contributed by atoms with Crippen LogP contribution in [0.1, 0.15) is 28.0 Å². The van der Waals surface area contributed by atoms with Gasteiger partial charge >= 0.3 is 5.63 Å². The average Bonchev–Trinajstić information content (AvgIpc) is 2.96. The molecule has 0 atom stereocenters. The molecule has 0 unspecified atom stereocenters. The zero-order chi connectivity index (χ0) is 19.8. The first kappa shape index (κ1) is 18.0. The topological polar surface area (TPSA) is 85.3 Å². The second-order valence-corrected chi connectivity index (χ2v) is 6.94. The molecule has 0 saturated carbocycles. The van der Waals surface area contributed by atoms with Crippen LogP contribution in [-0.4, -0.2) is 10.9 Å². The van der Waals surface area contributed by atoms with Gasteiger partial charge < -0.3 is 14.2 Å². The third-order valence-corrected chi connectivity index (χ3v) is 5.13. The Morgan fingerprint density at radius 2 is 1.82 bits per heavy atom. The minimum atomic E-state index is -0.499. The maximum atomic E-state index is 12.5. The third-order valence-electron chi connectivity index (χ3n) is 5.13. The number of rotatable bonds is 4. The van der Waals surface area contributed by atoms with Gasteiger partial charge in [0.1, 0.15) is 16.9 Å². The van der Waals surface area contributed by atoms with E-state index >= 15 is 0 Å². The van der Waals surface area contributed by atoms with E-state index in [0.717, 1.165) is 33.2 Å². The molecule has 4 rings (SSSR count). The lowest BCUT2D eigenvalue weighted by Gasteiger charge is -2.09. The predicted molar refractivity (Wildman–Crippen MR) is 106 cm³/mol. The standard InChI is InChI=1S/C22H20N2O4/c1-12-14(3)27-19-9-20-17(7-16(12)19)13(2)18(22(26)28-20)8-21(25)24-11-15-5-4-6-23-10-15/h4-7,9-10H,8,11H2,1-3H3,(H,24,25). The number of aryl methyl sites for hydroxylation is 3. The SMILES string of the molecule is Cc1oc2cc3oc(=O)c(CC(=O)NCc4cccnc4)c(C)c3cc2c1C. The average molecular weight is 376 g/mol. The molecule has 0 aliphatic heterocycles. The molecule has 0 bridgehead atoms. The minimum absolute atomic E-state index is 0.0359. The van der Waals surface area contributed by atoms with Crippen LogP contribution in [0, 0.1) is 20.8 Å². The van der Waals surface area contributed by atoms with Crippen LogP contribution in [0.2, 0.25) is 0 Å². The Morgan fingerprint density at radius 3 is 2.57 bits per heavy atom. The molecule has 0 spiro atoms. The van der Waals surface area contributed by atoms with Crippen molar-refractivity contribution in [2.45, 2.75) is 33.7 Å². The molecule has 28 heavy (non-hydrogen) atoms. The summed E-state index contributed by atoms with van der Waals surface area (Å²) in [4.78, 5) is 28.9. The molecule has 1 aromatic carbocycles. The molecule has 1 amide bonds. The summed E-state index contributed by atoms with van der Waals surface area (Å²) in [6.45, 7) is 6.10. The Bertz CT molecular complexity index is 1250. The first-order valence-electron chi connectivity index (χ1n) is 9.05. The molecule has 0 fully saturated rings. The van der Waals surface area contributed by atoms with Gasteiger partial charge in [0.15, 0.2) is 0 Å². The fourth-order valence-electron chi connectivity index (χ4n) is 3.36. The lowest BCUT2D eigenvalue weighted by molar-refractivity contribution is -0.120. The van der Waals surface area contributed by atoms with Crippen molar-refractivity contribution in [1.82, 2.24) is 10.3 Å². The van der Waals surface area contributed by atoms with Gasteiger partial charge in [-0.3, -0.25) is 9.78 Å². The molecule has 6 heteroatoms. The van der Waals surface area contributed by atoms with Gasteiger partial charge in [-0.1, -0.05) is 6.07 Å². The van der Waals surface area contributed by atoms with Crippen LogP contribution in [0.25, 0.3) is 21.9 Å². The first-order valence-corrected chi connectivity index (χ1v) is 9.05. The van der Waals surface area contributed by atoms with E-state index in [2.05, 4.69) is 10.3 Å². The summed E-state index contributed by atoms with van der Waals surface area (Å²) < 4.78 is 11.2. The number of pyridine rings is 1. The van der Waals surface area contributed by atoms with E-state index in [1.165, 1.54) is 0 Å². The Morgan fingerprint density at radius 1 is 1.07 bits per heavy atom. The molecule has 1 N–H and O–H groups in total. The van der Waals surface area contributed by atoms with E-state index in [1.807, 2.05) is 39.0 Å². The molecular formula is C22H20N2O4. The fourth-order valence-corrected chi connectivity index (χ4v) is 3.36. The zero-order valence-corrected chi connectivity index (χ0v) is 16.0. The van der Waals surface area contributed by atoms with Gasteiger partial charge in [-0.05, 0) is 49.6 Å². The summed E-state index contributed by atoms with van der Waals surface area (Å²) in [5.41, 5.74) is 3.72. The maximum Gasteiger partial charge on any atom is 0.340 e. The van der Waals surface area contributed by atoms with E-state index in [1.54, 1.807) is 18.5 Å². The van der Waals surface area contributed by atoms with Crippen molar-refractivity contribution >= 4 is 27.8 Å². The highest BCUT2D eigenvalue weighted by atomic mass is 16.4. The van der Waals surface area contributed by atoms with Crippen LogP contribution in [0.4, 0.5) is 0 Å². The number of furan rings is 1. The Kier molecular flexibility index (Phi) is 4.47. The predicted octanol–water partition coefficient (Wildman–Crippen LogP) is 3.72. The molecular weight excluding hydrogens is 356 g/mol. The monoisotopic (exact) mass is 376 g/mol. The van der Waals surface area contributed by atoms with E-state index < -0.39 is 5.63 Å². The molecule has 142 valence electrons. The summed E-state index contributed by atoms with van der Waals surface area (Å²) in [6.07, 6.45) is 3.33. The van der Waals surface area contributed by atoms with Crippen molar-refractivity contribution in [2.75, 3.05) is 0 Å². The maximum absolute atomic E-state index is 12.5. The minimum Gasteiger partial charge on any atom is -0.461 e. The van der Waals surface area contributed by atoms with Crippen molar-refractivity contribution in [3.63, 3.8) is 0 Å². The van der Waals surface area contributed by atoms with Crippen LogP contribution in [0.15, 0.2) is 50.3 Å². The van der Waals surface area contributed by atoms with E-state index in [9.17, 15) is 9.59 Å². The number of carbonyl (C=O) groups is 1. The Labute approximate surface area is 161 Å². The van der Waals surface area contributed by atoms with Gasteiger partial charge in [-0.25, -0.2) is 4.79 Å². The number of carbonyl (C=O) groups excluding carboxylic acids is 1. The number of hydrogen-bond donors (Lipinski definition) is 1. The highest BCUT2D eigenvalue weighted by Crippen LogP contribution is 2.30. The van der Waals surface area contributed by atoms with Crippen molar-refractivity contribution in [1.29, 1.82) is 0 Å². The third kappa shape index (κ3) is 3.17. The van der Waals surface area contributed by atoms with Gasteiger partial charge in [-0.15, -0.1) is 0 Å². The number of fused-ring (bicyclic) bond motifs is 2. The van der Waals surface area contributed by atoms with Gasteiger partial charge in [0.25, 0.3) is 0 Å². The van der Waals surface area contributed by atoms with Gasteiger partial charge in [0, 0.05) is 35.8 Å². The van der Waals surface area contributed by atoms with Crippen molar-refractivity contribution in [3.05, 3.63) is 75.1 Å². The highest BCUT2D eigenvalue weighted by Gasteiger charge is 2.17. The molecule has 3 heterocycles. The van der Waals surface area contributed by atoms with Gasteiger partial charge in [-0.2, -0.15) is 0 Å². The second-order valence-electron chi connectivity index (χ2n) is 6.94. The van der Waals surface area contributed by atoms with Crippen molar-refractivity contribution in [2.24, 2.45) is 0 Å². The van der Waals surface area contributed by atoms with Crippen LogP contribution in [-0.2, 0) is 17.8 Å². The summed E-state index contributed by atoms with van der Waals surface area (Å²) in [5, 5.41) is 4.61. The largest absolute Gasteiger partial charge is 0.461 e. The van der Waals surface area contributed by atoms with Gasteiger partial charge in [0.2, 0.25) is 5.91 Å². The molecule has 3 aromatic heterocycles. The summed E-state index contributed by atoms with van der Waals surface area (Å²) in [6, 6.07) is 7.39. The smallest absolute Gasteiger partial charge is 0.340 e. The van der Waals surface area contributed by atoms with Crippen LogP contribution >= 0.6 is 0 Å². The summed E-state index contributed by atoms with van der Waals surface area (Å²) >= 11 is 0. The van der Waals surface area contributed by atoms with Crippen molar-refractivity contribution < 1.29 is 13.6 Å². The molecule has 6 nitrogen and oxygen atoms in total. The summed E-state index contributed by atoms with van der Waals surface area (Å²) in [5.74, 6) is 0.593. The molecule has 0 radical (unpaired) electrons. The van der Waals surface area contributed by atoms with Crippen LogP contribution in [0.5, 0.6) is 0 Å². The number of nitrogens with zero attached hydrogens (tertiary/aromatic N) is 1. The zero-order valence-electron chi connectivity index (χ0n) is 16.0. The number of aromatic nitrogens is 1. The summed E-state index contributed by atoms with van der Waals surface area (Å²) in [7, 11) is 0. The Hall–Kier alpha value is -3.41. The number of hydrogen-bond acceptors (Lipinski definition) is 5. The van der Waals surface area contributed by atoms with Crippen LogP contribution in [0.3, 0.4) is 0 Å². The Balaban J connectivity index is 1.66. The van der Waals surface area contributed by atoms with Gasteiger partial charge in [0.05, 0.1) is 12.0 Å². The number of amides is 1. The van der Waals surface area contributed by atoms with E-state index in [-0.39, 0.29) is 12.3 Å². The lowest BCUT2D eigenvalue weighted by atomic mass is 10.0.